The second kappa shape index (κ2) is 8.83. The SMILES string of the molecule is CCCN(CCC)C(=O)C1(C(=O)Nc2ccc(C(=O)OCC)cc2)CC1. The van der Waals surface area contributed by atoms with E-state index in [1.165, 1.54) is 0 Å². The second-order valence-corrected chi connectivity index (χ2v) is 6.63. The van der Waals surface area contributed by atoms with Crippen molar-refractivity contribution in [1.82, 2.24) is 4.90 Å². The van der Waals surface area contributed by atoms with Gasteiger partial charge in [0, 0.05) is 18.8 Å². The standard InChI is InChI=1S/C20H28N2O4/c1-4-13-22(14-5-2)19(25)20(11-12-20)18(24)21-16-9-7-15(8-10-16)17(23)26-6-3/h7-10H,4-6,11-14H2,1-3H3,(H,21,24). The quantitative estimate of drug-likeness (QED) is 0.542. The molecule has 0 bridgehead atoms. The minimum Gasteiger partial charge on any atom is -0.462 e. The maximum absolute atomic E-state index is 12.9. The van der Waals surface area contributed by atoms with Crippen LogP contribution in [-0.4, -0.2) is 42.4 Å². The van der Waals surface area contributed by atoms with Crippen molar-refractivity contribution in [2.75, 3.05) is 25.0 Å². The summed E-state index contributed by atoms with van der Waals surface area (Å²) < 4.78 is 4.94. The third-order valence-electron chi connectivity index (χ3n) is 4.52. The molecule has 6 nitrogen and oxygen atoms in total. The summed E-state index contributed by atoms with van der Waals surface area (Å²) in [7, 11) is 0. The number of hydrogen-bond acceptors (Lipinski definition) is 4. The molecule has 26 heavy (non-hydrogen) atoms. The Morgan fingerprint density at radius 2 is 1.62 bits per heavy atom. The van der Waals surface area contributed by atoms with E-state index in [0.29, 0.717) is 43.8 Å². The predicted octanol–water partition coefficient (Wildman–Crippen LogP) is 3.23. The van der Waals surface area contributed by atoms with Crippen molar-refractivity contribution in [3.8, 4) is 0 Å². The number of amides is 2. The maximum atomic E-state index is 12.9. The van der Waals surface area contributed by atoms with Crippen molar-refractivity contribution in [3.63, 3.8) is 0 Å². The fourth-order valence-corrected chi connectivity index (χ4v) is 2.98. The van der Waals surface area contributed by atoms with Gasteiger partial charge in [0.25, 0.3) is 0 Å². The maximum Gasteiger partial charge on any atom is 0.338 e. The van der Waals surface area contributed by atoms with E-state index in [1.54, 1.807) is 36.1 Å². The van der Waals surface area contributed by atoms with Crippen molar-refractivity contribution in [2.24, 2.45) is 5.41 Å². The van der Waals surface area contributed by atoms with Gasteiger partial charge in [0.1, 0.15) is 5.41 Å². The Labute approximate surface area is 154 Å². The number of nitrogens with one attached hydrogen (secondary N) is 1. The first kappa shape index (κ1) is 19.9. The Kier molecular flexibility index (Phi) is 6.77. The molecule has 1 saturated carbocycles. The second-order valence-electron chi connectivity index (χ2n) is 6.63. The van der Waals surface area contributed by atoms with Crippen LogP contribution in [0.5, 0.6) is 0 Å². The fraction of sp³-hybridized carbons (Fsp3) is 0.550. The van der Waals surface area contributed by atoms with Gasteiger partial charge in [-0.3, -0.25) is 9.59 Å². The van der Waals surface area contributed by atoms with Gasteiger partial charge in [0.15, 0.2) is 0 Å². The Morgan fingerprint density at radius 3 is 2.08 bits per heavy atom. The molecule has 0 saturated heterocycles. The summed E-state index contributed by atoms with van der Waals surface area (Å²) in [5.41, 5.74) is 0.0724. The number of esters is 1. The zero-order chi connectivity index (χ0) is 19.2. The molecule has 1 N–H and O–H groups in total. The number of benzene rings is 1. The van der Waals surface area contributed by atoms with Gasteiger partial charge in [-0.15, -0.1) is 0 Å². The van der Waals surface area contributed by atoms with Crippen molar-refractivity contribution < 1.29 is 19.1 Å². The minimum absolute atomic E-state index is 0.0677. The zero-order valence-corrected chi connectivity index (χ0v) is 15.8. The summed E-state index contributed by atoms with van der Waals surface area (Å²) in [6.07, 6.45) is 2.92. The van der Waals surface area contributed by atoms with Crippen molar-refractivity contribution in [2.45, 2.75) is 46.5 Å². The summed E-state index contributed by atoms with van der Waals surface area (Å²) in [6, 6.07) is 6.52. The Balaban J connectivity index is 2.04. The average Bonchev–Trinajstić information content (AvgIpc) is 3.44. The van der Waals surface area contributed by atoms with Gasteiger partial charge < -0.3 is 15.0 Å². The van der Waals surface area contributed by atoms with Gasteiger partial charge in [0.05, 0.1) is 12.2 Å². The van der Waals surface area contributed by atoms with E-state index < -0.39 is 11.4 Å². The zero-order valence-electron chi connectivity index (χ0n) is 15.8. The van der Waals surface area contributed by atoms with Gasteiger partial charge in [0.2, 0.25) is 11.8 Å². The van der Waals surface area contributed by atoms with Crippen LogP contribution < -0.4 is 5.32 Å². The van der Waals surface area contributed by atoms with Gasteiger partial charge in [-0.25, -0.2) is 4.79 Å². The number of anilines is 1. The molecule has 1 aromatic rings. The minimum atomic E-state index is -0.926. The van der Waals surface area contributed by atoms with E-state index >= 15 is 0 Å². The number of ether oxygens (including phenoxy) is 1. The highest BCUT2D eigenvalue weighted by atomic mass is 16.5. The van der Waals surface area contributed by atoms with E-state index in [4.69, 9.17) is 4.74 Å². The van der Waals surface area contributed by atoms with E-state index in [-0.39, 0.29) is 11.8 Å². The highest BCUT2D eigenvalue weighted by molar-refractivity contribution is 6.13. The summed E-state index contributed by atoms with van der Waals surface area (Å²) in [4.78, 5) is 39.1. The molecule has 0 unspecified atom stereocenters. The largest absolute Gasteiger partial charge is 0.462 e. The third kappa shape index (κ3) is 4.42. The number of hydrogen-bond donors (Lipinski definition) is 1. The molecule has 0 aliphatic heterocycles. The van der Waals surface area contributed by atoms with E-state index in [9.17, 15) is 14.4 Å². The van der Waals surface area contributed by atoms with E-state index in [2.05, 4.69) is 5.32 Å². The van der Waals surface area contributed by atoms with Gasteiger partial charge in [-0.2, -0.15) is 0 Å². The van der Waals surface area contributed by atoms with Gasteiger partial charge in [-0.1, -0.05) is 13.8 Å². The van der Waals surface area contributed by atoms with E-state index in [0.717, 1.165) is 12.8 Å². The van der Waals surface area contributed by atoms with Gasteiger partial charge >= 0.3 is 5.97 Å². The fourth-order valence-electron chi connectivity index (χ4n) is 2.98. The highest BCUT2D eigenvalue weighted by Gasteiger charge is 2.57. The van der Waals surface area contributed by atoms with Crippen LogP contribution in [0.3, 0.4) is 0 Å². The lowest BCUT2D eigenvalue weighted by molar-refractivity contribution is -0.142. The lowest BCUT2D eigenvalue weighted by atomic mass is 10.0. The lowest BCUT2D eigenvalue weighted by Gasteiger charge is -2.26. The van der Waals surface area contributed by atoms with Crippen LogP contribution in [-0.2, 0) is 14.3 Å². The highest BCUT2D eigenvalue weighted by Crippen LogP contribution is 2.48. The van der Waals surface area contributed by atoms with E-state index in [1.807, 2.05) is 13.8 Å². The molecule has 1 fully saturated rings. The molecule has 0 radical (unpaired) electrons. The molecular formula is C20H28N2O4. The van der Waals surface area contributed by atoms with Crippen LogP contribution in [0.25, 0.3) is 0 Å². The Morgan fingerprint density at radius 1 is 1.04 bits per heavy atom. The molecule has 0 spiro atoms. The van der Waals surface area contributed by atoms with Gasteiger partial charge in [-0.05, 0) is 56.9 Å². The van der Waals surface area contributed by atoms with Crippen LogP contribution in [0.15, 0.2) is 24.3 Å². The third-order valence-corrected chi connectivity index (χ3v) is 4.52. The van der Waals surface area contributed by atoms with Crippen LogP contribution in [0, 0.1) is 5.41 Å². The molecule has 2 rings (SSSR count). The van der Waals surface area contributed by atoms with Crippen molar-refractivity contribution in [3.05, 3.63) is 29.8 Å². The number of rotatable bonds is 9. The topological polar surface area (TPSA) is 75.7 Å². The van der Waals surface area contributed by atoms with Crippen molar-refractivity contribution in [1.29, 1.82) is 0 Å². The summed E-state index contributed by atoms with van der Waals surface area (Å²) in [5.74, 6) is -0.723. The van der Waals surface area contributed by atoms with Crippen molar-refractivity contribution >= 4 is 23.5 Å². The lowest BCUT2D eigenvalue weighted by Crippen LogP contribution is -2.43. The molecule has 0 heterocycles. The molecule has 1 aromatic carbocycles. The summed E-state index contributed by atoms with van der Waals surface area (Å²) >= 11 is 0. The molecule has 0 aromatic heterocycles. The van der Waals surface area contributed by atoms with Crippen LogP contribution in [0.1, 0.15) is 56.8 Å². The van der Waals surface area contributed by atoms with Crippen LogP contribution in [0.4, 0.5) is 5.69 Å². The molecule has 1 aliphatic carbocycles. The predicted molar refractivity (Wildman–Crippen MR) is 99.9 cm³/mol. The number of carbonyl (C=O) groups is 3. The molecule has 1 aliphatic rings. The first-order chi connectivity index (χ1) is 12.5. The number of carbonyl (C=O) groups excluding carboxylic acids is 3. The molecule has 2 amide bonds. The Bertz CT molecular complexity index is 644. The molecule has 142 valence electrons. The molecule has 6 heteroatoms. The summed E-state index contributed by atoms with van der Waals surface area (Å²) in [6.45, 7) is 7.47. The van der Waals surface area contributed by atoms with Crippen LogP contribution in [0.2, 0.25) is 0 Å². The first-order valence-electron chi connectivity index (χ1n) is 9.36. The Hall–Kier alpha value is -2.37. The molecule has 0 atom stereocenters. The first-order valence-corrected chi connectivity index (χ1v) is 9.36. The monoisotopic (exact) mass is 360 g/mol. The van der Waals surface area contributed by atoms with Crippen LogP contribution >= 0.6 is 0 Å². The smallest absolute Gasteiger partial charge is 0.338 e. The average molecular weight is 360 g/mol. The molecular weight excluding hydrogens is 332 g/mol. The summed E-state index contributed by atoms with van der Waals surface area (Å²) in [5, 5.41) is 2.82. The number of nitrogens with zero attached hydrogens (tertiary/aromatic N) is 1. The normalized spacial score (nSPS) is 14.4.